The molecule has 0 aliphatic carbocycles. The fraction of sp³-hybridized carbons (Fsp3) is 0.545. The third-order valence-electron chi connectivity index (χ3n) is 3.63. The van der Waals surface area contributed by atoms with Gasteiger partial charge < -0.3 is 34.5 Å². The summed E-state index contributed by atoms with van der Waals surface area (Å²) >= 11 is 0. The van der Waals surface area contributed by atoms with Crippen molar-refractivity contribution in [2.24, 2.45) is 0 Å². The van der Waals surface area contributed by atoms with Crippen LogP contribution in [0.15, 0.2) is 15.9 Å². The van der Waals surface area contributed by atoms with E-state index in [2.05, 4.69) is 30.0 Å². The van der Waals surface area contributed by atoms with Crippen molar-refractivity contribution in [1.29, 1.82) is 0 Å². The number of hydrogen-bond acceptors (Lipinski definition) is 12. The number of nitrogens with zero attached hydrogens (tertiary/aromatic N) is 2. The van der Waals surface area contributed by atoms with Crippen molar-refractivity contribution in [1.82, 2.24) is 14.5 Å². The maximum Gasteiger partial charge on any atom is 0.490 e. The molecule has 21 heteroatoms. The smallest absolute Gasteiger partial charge is 0.386 e. The molecule has 1 aromatic heterocycles. The fourth-order valence-corrected chi connectivity index (χ4v) is 5.54. The summed E-state index contributed by atoms with van der Waals surface area (Å²) in [5.74, 6) is 4.47. The Bertz CT molecular complexity index is 1180. The molecule has 0 saturated carbocycles. The number of H-pyrrole nitrogens is 1. The maximum absolute atomic E-state index is 12.0. The zero-order chi connectivity index (χ0) is 24.5. The summed E-state index contributed by atoms with van der Waals surface area (Å²) in [4.78, 5) is 63.8. The van der Waals surface area contributed by atoms with Gasteiger partial charge in [0.2, 0.25) is 0 Å². The van der Waals surface area contributed by atoms with Gasteiger partial charge in [-0.05, 0) is 6.92 Å². The van der Waals surface area contributed by atoms with E-state index in [4.69, 9.17) is 19.4 Å². The van der Waals surface area contributed by atoms with E-state index in [9.17, 15) is 38.4 Å². The van der Waals surface area contributed by atoms with Crippen LogP contribution < -0.4 is 11.4 Å². The van der Waals surface area contributed by atoms with Gasteiger partial charge in [-0.25, -0.2) is 23.3 Å². The van der Waals surface area contributed by atoms with E-state index >= 15 is 0 Å². The Hall–Kier alpha value is -1.54. The Balaban J connectivity index is 2.24. The molecule has 18 nitrogen and oxygen atoms in total. The molecular formula is C11H16N3O15P3. The first-order valence-electron chi connectivity index (χ1n) is 7.95. The molecule has 0 amide bonds. The molecule has 6 atom stereocenters. The summed E-state index contributed by atoms with van der Waals surface area (Å²) in [5, 5.41) is 21.1. The summed E-state index contributed by atoms with van der Waals surface area (Å²) < 4.78 is 51.0. The number of rotatable bonds is 8. The highest BCUT2D eigenvalue weighted by Crippen LogP contribution is 2.66. The van der Waals surface area contributed by atoms with Crippen molar-refractivity contribution in [3.05, 3.63) is 27.3 Å². The van der Waals surface area contributed by atoms with Crippen molar-refractivity contribution >= 4 is 23.5 Å². The Morgan fingerprint density at radius 3 is 2.38 bits per heavy atom. The maximum atomic E-state index is 12.0. The van der Waals surface area contributed by atoms with Gasteiger partial charge in [0.1, 0.15) is 18.5 Å². The van der Waals surface area contributed by atoms with Crippen molar-refractivity contribution in [3.63, 3.8) is 0 Å². The lowest BCUT2D eigenvalue weighted by Crippen LogP contribution is -2.48. The minimum absolute atomic E-state index is 0.555. The number of nitrogens with one attached hydrogen (secondary N) is 1. The third kappa shape index (κ3) is 6.50. The Kier molecular flexibility index (Phi) is 7.82. The number of aromatic nitrogens is 3. The number of aliphatic hydroxyl groups is 2. The van der Waals surface area contributed by atoms with Gasteiger partial charge in [0, 0.05) is 0 Å². The van der Waals surface area contributed by atoms with E-state index in [1.807, 2.05) is 0 Å². The quantitative estimate of drug-likeness (QED) is 0.135. The van der Waals surface area contributed by atoms with Gasteiger partial charge in [0.25, 0.3) is 0 Å². The largest absolute Gasteiger partial charge is 0.490 e. The van der Waals surface area contributed by atoms with Gasteiger partial charge in [-0.1, -0.05) is 5.92 Å². The average molecular weight is 523 g/mol. The van der Waals surface area contributed by atoms with E-state index in [1.54, 1.807) is 4.98 Å². The highest BCUT2D eigenvalue weighted by molar-refractivity contribution is 7.66. The molecule has 0 bridgehead atoms. The van der Waals surface area contributed by atoms with Crippen LogP contribution in [0.4, 0.5) is 0 Å². The number of hydrogen-bond donors (Lipinski definition) is 7. The predicted molar refractivity (Wildman–Crippen MR) is 97.3 cm³/mol. The molecule has 32 heavy (non-hydrogen) atoms. The highest BCUT2D eigenvalue weighted by Gasteiger charge is 2.56. The minimum Gasteiger partial charge on any atom is -0.386 e. The Labute approximate surface area is 176 Å². The second kappa shape index (κ2) is 9.37. The molecule has 1 aromatic rings. The number of aliphatic hydroxyl groups excluding tert-OH is 1. The summed E-state index contributed by atoms with van der Waals surface area (Å²) in [6, 6.07) is 0. The molecule has 7 N–H and O–H groups in total. The molecule has 1 saturated heterocycles. The minimum atomic E-state index is -5.78. The molecule has 1 aliphatic rings. The molecule has 1 aliphatic heterocycles. The number of phosphoric acid groups is 3. The van der Waals surface area contributed by atoms with Crippen LogP contribution in [0.2, 0.25) is 0 Å². The first-order valence-corrected chi connectivity index (χ1v) is 12.5. The van der Waals surface area contributed by atoms with Gasteiger partial charge in [-0.2, -0.15) is 13.6 Å². The summed E-state index contributed by atoms with van der Waals surface area (Å²) in [6.45, 7) is 0.121. The zero-order valence-electron chi connectivity index (χ0n) is 15.6. The molecular weight excluding hydrogens is 507 g/mol. The third-order valence-corrected chi connectivity index (χ3v) is 7.43. The predicted octanol–water partition coefficient (Wildman–Crippen LogP) is -2.71. The summed E-state index contributed by atoms with van der Waals surface area (Å²) in [5.41, 5.74) is -4.67. The van der Waals surface area contributed by atoms with Crippen molar-refractivity contribution in [2.75, 3.05) is 6.61 Å². The molecule has 0 spiro atoms. The van der Waals surface area contributed by atoms with Gasteiger partial charge in [0.05, 0.1) is 6.61 Å². The summed E-state index contributed by atoms with van der Waals surface area (Å²) in [7, 11) is -16.9. The van der Waals surface area contributed by atoms with Crippen molar-refractivity contribution in [2.45, 2.75) is 31.0 Å². The van der Waals surface area contributed by atoms with Crippen LogP contribution in [0.3, 0.4) is 0 Å². The molecule has 2 heterocycles. The molecule has 180 valence electrons. The van der Waals surface area contributed by atoms with Crippen LogP contribution in [0.25, 0.3) is 0 Å². The zero-order valence-corrected chi connectivity index (χ0v) is 18.3. The Morgan fingerprint density at radius 2 is 1.84 bits per heavy atom. The number of ether oxygens (including phenoxy) is 1. The SMILES string of the molecule is CC#CC1(O)[C@@H](O)[C@@H](COP(=O)(O)OP(=O)(O)OP(=O)(O)O)O[C@H]1n1cnc(=O)[nH]c1=O. The fourth-order valence-electron chi connectivity index (χ4n) is 2.51. The van der Waals surface area contributed by atoms with Gasteiger partial charge in [0.15, 0.2) is 11.8 Å². The molecule has 1 fully saturated rings. The first kappa shape index (κ1) is 26.7. The molecule has 0 radical (unpaired) electrons. The average Bonchev–Trinajstić information content (AvgIpc) is 2.82. The second-order valence-corrected chi connectivity index (χ2v) is 10.4. The van der Waals surface area contributed by atoms with Crippen molar-refractivity contribution < 1.29 is 61.4 Å². The monoisotopic (exact) mass is 523 g/mol. The lowest BCUT2D eigenvalue weighted by atomic mass is 9.94. The van der Waals surface area contributed by atoms with E-state index in [-0.39, 0.29) is 0 Å². The molecule has 2 rings (SSSR count). The highest BCUT2D eigenvalue weighted by atomic mass is 31.3. The van der Waals surface area contributed by atoms with Crippen LogP contribution >= 0.6 is 23.5 Å². The summed E-state index contributed by atoms with van der Waals surface area (Å²) in [6.07, 6.45) is -4.89. The van der Waals surface area contributed by atoms with Gasteiger partial charge in [-0.15, -0.1) is 5.92 Å². The van der Waals surface area contributed by atoms with E-state index in [1.165, 1.54) is 6.92 Å². The van der Waals surface area contributed by atoms with Gasteiger partial charge >= 0.3 is 34.8 Å². The number of phosphoric ester groups is 1. The Morgan fingerprint density at radius 1 is 1.22 bits per heavy atom. The topological polar surface area (TPSA) is 277 Å². The van der Waals surface area contributed by atoms with Crippen LogP contribution in [-0.2, 0) is 31.6 Å². The number of aromatic amines is 1. The van der Waals surface area contributed by atoms with E-state index < -0.39 is 65.5 Å². The normalized spacial score (nSPS) is 29.5. The molecule has 0 aromatic carbocycles. The lowest BCUT2D eigenvalue weighted by molar-refractivity contribution is -0.0768. The van der Waals surface area contributed by atoms with Gasteiger partial charge in [-0.3, -0.25) is 14.1 Å². The van der Waals surface area contributed by atoms with Crippen LogP contribution in [-0.4, -0.2) is 68.7 Å². The lowest BCUT2D eigenvalue weighted by Gasteiger charge is -2.26. The van der Waals surface area contributed by atoms with Crippen molar-refractivity contribution in [3.8, 4) is 11.8 Å². The van der Waals surface area contributed by atoms with E-state index in [0.29, 0.717) is 10.9 Å². The van der Waals surface area contributed by atoms with Crippen LogP contribution in [0, 0.1) is 11.8 Å². The molecule has 3 unspecified atom stereocenters. The van der Waals surface area contributed by atoms with Crippen LogP contribution in [0.5, 0.6) is 0 Å². The van der Waals surface area contributed by atoms with Crippen LogP contribution in [0.1, 0.15) is 13.2 Å². The standard InChI is InChI=1S/C11H16N3O15P3/c1-2-3-11(18)7(15)6(27-8(11)14-5-12-9(16)13-10(14)17)4-26-31(22,23)29-32(24,25)28-30(19,20)21/h5-8,15,18H,4H2,1H3,(H,22,23)(H,24,25)(H,13,16,17)(H2,19,20,21)/t6-,7+,8-,11?/m1/s1. The first-order chi connectivity index (χ1) is 14.5. The second-order valence-electron chi connectivity index (χ2n) is 5.95. The van der Waals surface area contributed by atoms with E-state index in [0.717, 1.165) is 0 Å².